The van der Waals surface area contributed by atoms with E-state index in [-0.39, 0.29) is 5.91 Å². The van der Waals surface area contributed by atoms with Crippen molar-refractivity contribution in [1.82, 2.24) is 9.88 Å². The maximum Gasteiger partial charge on any atom is 0.326 e. The summed E-state index contributed by atoms with van der Waals surface area (Å²) in [5.41, 5.74) is -0.124. The molecule has 0 aliphatic carbocycles. The molecule has 1 fully saturated rings. The lowest BCUT2D eigenvalue weighted by Crippen LogP contribution is -2.56. The van der Waals surface area contributed by atoms with Crippen LogP contribution in [0.2, 0.25) is 0 Å². The molecular formula is C14H18N2O3. The summed E-state index contributed by atoms with van der Waals surface area (Å²) in [4.78, 5) is 29.4. The van der Waals surface area contributed by atoms with Gasteiger partial charge in [0.05, 0.1) is 0 Å². The number of carbonyl (C=O) groups is 2. The number of carboxylic acids is 1. The van der Waals surface area contributed by atoms with E-state index in [1.165, 1.54) is 11.1 Å². The van der Waals surface area contributed by atoms with Crippen LogP contribution in [0.15, 0.2) is 24.4 Å². The second-order valence-electron chi connectivity index (χ2n) is 5.55. The molecule has 1 atom stereocenters. The van der Waals surface area contributed by atoms with E-state index in [1.54, 1.807) is 18.2 Å². The van der Waals surface area contributed by atoms with E-state index in [0.29, 0.717) is 12.2 Å². The molecule has 1 amide bonds. The molecule has 5 heteroatoms. The van der Waals surface area contributed by atoms with E-state index < -0.39 is 17.4 Å². The van der Waals surface area contributed by atoms with Crippen molar-refractivity contribution in [1.29, 1.82) is 0 Å². The molecule has 1 N–H and O–H groups in total. The van der Waals surface area contributed by atoms with Gasteiger partial charge in [-0.3, -0.25) is 9.78 Å². The number of carbonyl (C=O) groups excluding carboxylic acids is 1. The average molecular weight is 262 g/mol. The van der Waals surface area contributed by atoms with Gasteiger partial charge in [-0.1, -0.05) is 19.9 Å². The van der Waals surface area contributed by atoms with Crippen molar-refractivity contribution in [3.63, 3.8) is 0 Å². The van der Waals surface area contributed by atoms with Crippen LogP contribution in [0.3, 0.4) is 0 Å². The number of likely N-dealkylation sites (tertiary alicyclic amines) is 1. The topological polar surface area (TPSA) is 70.5 Å². The summed E-state index contributed by atoms with van der Waals surface area (Å²) < 4.78 is 0. The monoisotopic (exact) mass is 262 g/mol. The minimum atomic E-state index is -0.950. The van der Waals surface area contributed by atoms with E-state index in [1.807, 2.05) is 13.8 Å². The number of pyridine rings is 1. The Labute approximate surface area is 112 Å². The number of rotatable bonds is 2. The molecule has 0 bridgehead atoms. The van der Waals surface area contributed by atoms with Crippen molar-refractivity contribution >= 4 is 11.9 Å². The third-order valence-electron chi connectivity index (χ3n) is 3.65. The predicted molar refractivity (Wildman–Crippen MR) is 69.7 cm³/mol. The fraction of sp³-hybridized carbons (Fsp3) is 0.500. The maximum atomic E-state index is 12.4. The van der Waals surface area contributed by atoms with Crippen LogP contribution in [-0.2, 0) is 4.79 Å². The molecule has 0 saturated carbocycles. The second kappa shape index (κ2) is 4.99. The lowest BCUT2D eigenvalue weighted by atomic mass is 9.76. The number of aliphatic carboxylic acids is 1. The lowest BCUT2D eigenvalue weighted by molar-refractivity contribution is -0.148. The van der Waals surface area contributed by atoms with E-state index in [2.05, 4.69) is 4.98 Å². The highest BCUT2D eigenvalue weighted by Gasteiger charge is 2.44. The molecule has 1 aliphatic rings. The number of hydrogen-bond donors (Lipinski definition) is 1. The first-order valence-electron chi connectivity index (χ1n) is 6.38. The van der Waals surface area contributed by atoms with Crippen LogP contribution in [0.5, 0.6) is 0 Å². The highest BCUT2D eigenvalue weighted by Crippen LogP contribution is 2.35. The zero-order chi connectivity index (χ0) is 14.0. The molecule has 1 unspecified atom stereocenters. The Morgan fingerprint density at radius 1 is 1.42 bits per heavy atom. The van der Waals surface area contributed by atoms with Crippen LogP contribution in [0, 0.1) is 5.41 Å². The van der Waals surface area contributed by atoms with Gasteiger partial charge >= 0.3 is 5.97 Å². The summed E-state index contributed by atoms with van der Waals surface area (Å²) in [5.74, 6) is -1.25. The third kappa shape index (κ3) is 2.59. The molecule has 1 saturated heterocycles. The van der Waals surface area contributed by atoms with Crippen molar-refractivity contribution in [3.05, 3.63) is 30.1 Å². The van der Waals surface area contributed by atoms with E-state index >= 15 is 0 Å². The van der Waals surface area contributed by atoms with Gasteiger partial charge in [-0.15, -0.1) is 0 Å². The number of piperidine rings is 1. The lowest BCUT2D eigenvalue weighted by Gasteiger charge is -2.43. The maximum absolute atomic E-state index is 12.4. The molecule has 1 aromatic heterocycles. The summed E-state index contributed by atoms with van der Waals surface area (Å²) in [5, 5.41) is 9.43. The Morgan fingerprint density at radius 3 is 2.74 bits per heavy atom. The van der Waals surface area contributed by atoms with Crippen molar-refractivity contribution in [2.24, 2.45) is 5.41 Å². The van der Waals surface area contributed by atoms with Gasteiger partial charge in [0.15, 0.2) is 0 Å². The van der Waals surface area contributed by atoms with Crippen molar-refractivity contribution in [2.75, 3.05) is 6.54 Å². The number of aromatic nitrogens is 1. The Kier molecular flexibility index (Phi) is 3.55. The summed E-state index contributed by atoms with van der Waals surface area (Å²) in [6.45, 7) is 4.25. The van der Waals surface area contributed by atoms with E-state index in [4.69, 9.17) is 0 Å². The normalized spacial score (nSPS) is 22.0. The molecule has 1 aromatic rings. The molecule has 102 valence electrons. The van der Waals surface area contributed by atoms with Gasteiger partial charge in [0, 0.05) is 12.7 Å². The van der Waals surface area contributed by atoms with E-state index in [9.17, 15) is 14.7 Å². The summed E-state index contributed by atoms with van der Waals surface area (Å²) in [6, 6.07) is 4.27. The molecule has 2 heterocycles. The largest absolute Gasteiger partial charge is 0.480 e. The molecule has 19 heavy (non-hydrogen) atoms. The number of nitrogens with zero attached hydrogens (tertiary/aromatic N) is 2. The van der Waals surface area contributed by atoms with Gasteiger partial charge < -0.3 is 10.0 Å². The van der Waals surface area contributed by atoms with Gasteiger partial charge in [-0.2, -0.15) is 0 Å². The highest BCUT2D eigenvalue weighted by molar-refractivity contribution is 5.95. The Balaban J connectivity index is 2.32. The summed E-state index contributed by atoms with van der Waals surface area (Å²) in [7, 11) is 0. The van der Waals surface area contributed by atoms with Crippen molar-refractivity contribution in [3.8, 4) is 0 Å². The molecule has 0 aromatic carbocycles. The number of carboxylic acid groups (broad SMARTS) is 1. The van der Waals surface area contributed by atoms with Gasteiger partial charge in [0.1, 0.15) is 11.7 Å². The van der Waals surface area contributed by atoms with Gasteiger partial charge in [0.2, 0.25) is 0 Å². The zero-order valence-electron chi connectivity index (χ0n) is 11.2. The van der Waals surface area contributed by atoms with Gasteiger partial charge in [0.25, 0.3) is 5.91 Å². The summed E-state index contributed by atoms with van der Waals surface area (Å²) >= 11 is 0. The van der Waals surface area contributed by atoms with Gasteiger partial charge in [-0.25, -0.2) is 4.79 Å². The third-order valence-corrected chi connectivity index (χ3v) is 3.65. The van der Waals surface area contributed by atoms with Crippen LogP contribution >= 0.6 is 0 Å². The number of amides is 1. The van der Waals surface area contributed by atoms with Crippen LogP contribution in [0.4, 0.5) is 0 Å². The van der Waals surface area contributed by atoms with Crippen molar-refractivity contribution < 1.29 is 14.7 Å². The quantitative estimate of drug-likeness (QED) is 0.882. The van der Waals surface area contributed by atoms with Crippen LogP contribution in [0.1, 0.15) is 37.2 Å². The first kappa shape index (κ1) is 13.5. The van der Waals surface area contributed by atoms with Crippen molar-refractivity contribution in [2.45, 2.75) is 32.7 Å². The summed E-state index contributed by atoms with van der Waals surface area (Å²) in [6.07, 6.45) is 3.16. The van der Waals surface area contributed by atoms with Crippen LogP contribution < -0.4 is 0 Å². The first-order chi connectivity index (χ1) is 8.93. The minimum absolute atomic E-state index is 0.298. The average Bonchev–Trinajstić information content (AvgIpc) is 2.37. The Hall–Kier alpha value is -1.91. The SMILES string of the molecule is CC1(C)CCCN(C(=O)c2ccccn2)C1C(=O)O. The molecule has 2 rings (SSSR count). The minimum Gasteiger partial charge on any atom is -0.480 e. The molecule has 5 nitrogen and oxygen atoms in total. The molecule has 0 spiro atoms. The van der Waals surface area contributed by atoms with Crippen LogP contribution in [0.25, 0.3) is 0 Å². The first-order valence-corrected chi connectivity index (χ1v) is 6.38. The van der Waals surface area contributed by atoms with E-state index in [0.717, 1.165) is 12.8 Å². The van der Waals surface area contributed by atoms with Gasteiger partial charge in [-0.05, 0) is 30.4 Å². The smallest absolute Gasteiger partial charge is 0.326 e. The fourth-order valence-electron chi connectivity index (χ4n) is 2.72. The Morgan fingerprint density at radius 2 is 2.16 bits per heavy atom. The standard InChI is InChI=1S/C14H18N2O3/c1-14(2)7-5-9-16(11(14)13(18)19)12(17)10-6-3-4-8-15-10/h3-4,6,8,11H,5,7,9H2,1-2H3,(H,18,19). The second-order valence-corrected chi connectivity index (χ2v) is 5.55. The molecule has 1 aliphatic heterocycles. The highest BCUT2D eigenvalue weighted by atomic mass is 16.4. The molecular weight excluding hydrogens is 244 g/mol. The zero-order valence-corrected chi connectivity index (χ0v) is 11.2. The number of hydrogen-bond acceptors (Lipinski definition) is 3. The van der Waals surface area contributed by atoms with Crippen LogP contribution in [-0.4, -0.2) is 39.5 Å². The Bertz CT molecular complexity index is 485. The predicted octanol–water partition coefficient (Wildman–Crippen LogP) is 1.80. The fourth-order valence-corrected chi connectivity index (χ4v) is 2.72. The molecule has 0 radical (unpaired) electrons.